The molecule has 0 bridgehead atoms. The van der Waals surface area contributed by atoms with Gasteiger partial charge in [0.1, 0.15) is 0 Å². The first-order valence-electron chi connectivity index (χ1n) is 6.54. The van der Waals surface area contributed by atoms with Crippen LogP contribution in [0.3, 0.4) is 0 Å². The Hall–Kier alpha value is -1.81. The highest BCUT2D eigenvalue weighted by Crippen LogP contribution is 2.30. The van der Waals surface area contributed by atoms with E-state index in [1.807, 2.05) is 29.6 Å². The van der Waals surface area contributed by atoms with Crippen LogP contribution in [-0.2, 0) is 0 Å². The lowest BCUT2D eigenvalue weighted by atomic mass is 10.1. The summed E-state index contributed by atoms with van der Waals surface area (Å²) in [5, 5.41) is 5.54. The summed E-state index contributed by atoms with van der Waals surface area (Å²) in [5.74, 6) is -0.220. The Labute approximate surface area is 142 Å². The minimum Gasteiger partial charge on any atom is -0.321 e. The molecule has 2 aromatic carbocycles. The van der Waals surface area contributed by atoms with Crippen LogP contribution in [0.15, 0.2) is 60.0 Å². The Bertz CT molecular complexity index is 798. The summed E-state index contributed by atoms with van der Waals surface area (Å²) in [6.07, 6.45) is 0. The second kappa shape index (κ2) is 6.53. The van der Waals surface area contributed by atoms with Gasteiger partial charge in [-0.3, -0.25) is 4.79 Å². The van der Waals surface area contributed by atoms with Crippen LogP contribution >= 0.6 is 34.5 Å². The molecule has 0 aliphatic carbocycles. The number of anilines is 1. The number of rotatable bonds is 3. The fourth-order valence-corrected chi connectivity index (χ4v) is 3.10. The number of thiophene rings is 1. The third-order valence-electron chi connectivity index (χ3n) is 3.15. The summed E-state index contributed by atoms with van der Waals surface area (Å²) in [6, 6.07) is 16.6. The SMILES string of the molecule is O=C(Nc1cccc(Cl)c1Cl)c1ccc(-c2cccs2)cc1. The standard InChI is InChI=1S/C17H11Cl2NOS/c18-13-3-1-4-14(16(13)19)20-17(21)12-8-6-11(7-9-12)15-5-2-10-22-15/h1-10H,(H,20,21). The van der Waals surface area contributed by atoms with E-state index in [0.29, 0.717) is 21.3 Å². The van der Waals surface area contributed by atoms with E-state index in [9.17, 15) is 4.79 Å². The van der Waals surface area contributed by atoms with Crippen LogP contribution in [0.2, 0.25) is 10.0 Å². The number of hydrogen-bond donors (Lipinski definition) is 1. The minimum atomic E-state index is -0.220. The number of benzene rings is 2. The van der Waals surface area contributed by atoms with E-state index in [2.05, 4.69) is 5.32 Å². The molecule has 0 unspecified atom stereocenters. The number of carbonyl (C=O) groups excluding carboxylic acids is 1. The Morgan fingerprint density at radius 3 is 2.41 bits per heavy atom. The molecule has 110 valence electrons. The molecule has 1 heterocycles. The number of amides is 1. The number of carbonyl (C=O) groups is 1. The predicted molar refractivity (Wildman–Crippen MR) is 94.2 cm³/mol. The zero-order valence-corrected chi connectivity index (χ0v) is 13.7. The van der Waals surface area contributed by atoms with Crippen molar-refractivity contribution >= 4 is 46.1 Å². The highest BCUT2D eigenvalue weighted by atomic mass is 35.5. The first-order valence-corrected chi connectivity index (χ1v) is 8.18. The van der Waals surface area contributed by atoms with Crippen LogP contribution in [0.25, 0.3) is 10.4 Å². The van der Waals surface area contributed by atoms with Crippen molar-refractivity contribution in [2.24, 2.45) is 0 Å². The molecule has 1 N–H and O–H groups in total. The molecule has 0 aliphatic rings. The van der Waals surface area contributed by atoms with Gasteiger partial charge in [0, 0.05) is 10.4 Å². The quantitative estimate of drug-likeness (QED) is 0.620. The summed E-state index contributed by atoms with van der Waals surface area (Å²) >= 11 is 13.7. The van der Waals surface area contributed by atoms with Gasteiger partial charge >= 0.3 is 0 Å². The third-order valence-corrected chi connectivity index (χ3v) is 4.89. The normalized spacial score (nSPS) is 10.5. The highest BCUT2D eigenvalue weighted by molar-refractivity contribution is 7.13. The first-order chi connectivity index (χ1) is 10.6. The molecule has 0 atom stereocenters. The first kappa shape index (κ1) is 15.1. The smallest absolute Gasteiger partial charge is 0.255 e. The van der Waals surface area contributed by atoms with Crippen LogP contribution in [0, 0.1) is 0 Å². The molecule has 5 heteroatoms. The number of nitrogens with one attached hydrogen (secondary N) is 1. The van der Waals surface area contributed by atoms with E-state index in [-0.39, 0.29) is 5.91 Å². The maximum Gasteiger partial charge on any atom is 0.255 e. The van der Waals surface area contributed by atoms with Gasteiger partial charge in [0.25, 0.3) is 5.91 Å². The van der Waals surface area contributed by atoms with Gasteiger partial charge in [-0.25, -0.2) is 0 Å². The van der Waals surface area contributed by atoms with Crippen LogP contribution in [0.4, 0.5) is 5.69 Å². The van der Waals surface area contributed by atoms with Crippen molar-refractivity contribution in [2.75, 3.05) is 5.32 Å². The zero-order chi connectivity index (χ0) is 15.5. The Balaban J connectivity index is 1.79. The third kappa shape index (κ3) is 3.17. The maximum atomic E-state index is 12.3. The van der Waals surface area contributed by atoms with Crippen molar-refractivity contribution in [3.63, 3.8) is 0 Å². The second-order valence-electron chi connectivity index (χ2n) is 4.61. The van der Waals surface area contributed by atoms with Gasteiger partial charge in [0.15, 0.2) is 0 Å². The molecule has 1 aromatic heterocycles. The van der Waals surface area contributed by atoms with E-state index < -0.39 is 0 Å². The van der Waals surface area contributed by atoms with Crippen molar-refractivity contribution in [3.05, 3.63) is 75.6 Å². The molecule has 22 heavy (non-hydrogen) atoms. The molecule has 0 fully saturated rings. The van der Waals surface area contributed by atoms with Gasteiger partial charge in [0.2, 0.25) is 0 Å². The summed E-state index contributed by atoms with van der Waals surface area (Å²) in [7, 11) is 0. The van der Waals surface area contributed by atoms with Crippen LogP contribution < -0.4 is 5.32 Å². The predicted octanol–water partition coefficient (Wildman–Crippen LogP) is 5.97. The summed E-state index contributed by atoms with van der Waals surface area (Å²) < 4.78 is 0. The molecule has 0 saturated carbocycles. The monoisotopic (exact) mass is 347 g/mol. The van der Waals surface area contributed by atoms with Gasteiger partial charge < -0.3 is 5.32 Å². The lowest BCUT2D eigenvalue weighted by Crippen LogP contribution is -2.12. The van der Waals surface area contributed by atoms with Crippen LogP contribution in [0.5, 0.6) is 0 Å². The van der Waals surface area contributed by atoms with Crippen molar-refractivity contribution in [2.45, 2.75) is 0 Å². The summed E-state index contributed by atoms with van der Waals surface area (Å²) in [6.45, 7) is 0. The van der Waals surface area contributed by atoms with Crippen molar-refractivity contribution in [1.29, 1.82) is 0 Å². The lowest BCUT2D eigenvalue weighted by Gasteiger charge is -2.08. The van der Waals surface area contributed by atoms with E-state index in [1.165, 1.54) is 4.88 Å². The van der Waals surface area contributed by atoms with Crippen LogP contribution in [0.1, 0.15) is 10.4 Å². The van der Waals surface area contributed by atoms with Gasteiger partial charge in [-0.05, 0) is 41.3 Å². The fourth-order valence-electron chi connectivity index (χ4n) is 2.02. The largest absolute Gasteiger partial charge is 0.321 e. The maximum absolute atomic E-state index is 12.3. The summed E-state index contributed by atoms with van der Waals surface area (Å²) in [5.41, 5.74) is 2.16. The van der Waals surface area contributed by atoms with Gasteiger partial charge in [-0.2, -0.15) is 0 Å². The fraction of sp³-hybridized carbons (Fsp3) is 0. The van der Waals surface area contributed by atoms with Crippen molar-refractivity contribution in [3.8, 4) is 10.4 Å². The Morgan fingerprint density at radius 2 is 1.73 bits per heavy atom. The van der Waals surface area contributed by atoms with E-state index in [4.69, 9.17) is 23.2 Å². The molecule has 2 nitrogen and oxygen atoms in total. The molecular weight excluding hydrogens is 337 g/mol. The summed E-state index contributed by atoms with van der Waals surface area (Å²) in [4.78, 5) is 13.4. The Morgan fingerprint density at radius 1 is 0.955 bits per heavy atom. The van der Waals surface area contributed by atoms with Crippen molar-refractivity contribution in [1.82, 2.24) is 0 Å². The van der Waals surface area contributed by atoms with Gasteiger partial charge in [-0.15, -0.1) is 11.3 Å². The van der Waals surface area contributed by atoms with Crippen molar-refractivity contribution < 1.29 is 4.79 Å². The van der Waals surface area contributed by atoms with Crippen LogP contribution in [-0.4, -0.2) is 5.91 Å². The average Bonchev–Trinajstić information content (AvgIpc) is 3.06. The zero-order valence-electron chi connectivity index (χ0n) is 11.3. The molecule has 0 radical (unpaired) electrons. The minimum absolute atomic E-state index is 0.220. The molecule has 0 aliphatic heterocycles. The number of hydrogen-bond acceptors (Lipinski definition) is 2. The molecule has 3 aromatic rings. The molecule has 0 saturated heterocycles. The van der Waals surface area contributed by atoms with Gasteiger partial charge in [0.05, 0.1) is 15.7 Å². The molecule has 3 rings (SSSR count). The lowest BCUT2D eigenvalue weighted by molar-refractivity contribution is 0.102. The second-order valence-corrected chi connectivity index (χ2v) is 6.34. The highest BCUT2D eigenvalue weighted by Gasteiger charge is 2.10. The molecular formula is C17H11Cl2NOS. The number of halogens is 2. The molecule has 0 spiro atoms. The Kier molecular flexibility index (Phi) is 4.48. The topological polar surface area (TPSA) is 29.1 Å². The van der Waals surface area contributed by atoms with E-state index in [0.717, 1.165) is 5.56 Å². The van der Waals surface area contributed by atoms with E-state index in [1.54, 1.807) is 41.7 Å². The average molecular weight is 348 g/mol. The van der Waals surface area contributed by atoms with E-state index >= 15 is 0 Å². The molecule has 1 amide bonds. The van der Waals surface area contributed by atoms with Gasteiger partial charge in [-0.1, -0.05) is 47.5 Å².